The smallest absolute Gasteiger partial charge is 0.222 e. The van der Waals surface area contributed by atoms with Gasteiger partial charge in [0.2, 0.25) is 5.91 Å². The molecule has 0 aromatic heterocycles. The van der Waals surface area contributed by atoms with Gasteiger partial charge in [0.15, 0.2) is 0 Å². The van der Waals surface area contributed by atoms with Crippen LogP contribution >= 0.6 is 0 Å². The Morgan fingerprint density at radius 2 is 2.00 bits per heavy atom. The van der Waals surface area contributed by atoms with Crippen molar-refractivity contribution in [2.75, 3.05) is 13.1 Å². The Morgan fingerprint density at radius 1 is 1.30 bits per heavy atom. The molecule has 0 spiro atoms. The van der Waals surface area contributed by atoms with Gasteiger partial charge in [-0.2, -0.15) is 0 Å². The van der Waals surface area contributed by atoms with Gasteiger partial charge >= 0.3 is 0 Å². The van der Waals surface area contributed by atoms with Gasteiger partial charge < -0.3 is 10.6 Å². The maximum absolute atomic E-state index is 12.0. The lowest BCUT2D eigenvalue weighted by Gasteiger charge is -2.23. The highest BCUT2D eigenvalue weighted by atomic mass is 16.2. The Labute approximate surface area is 122 Å². The van der Waals surface area contributed by atoms with Crippen molar-refractivity contribution < 1.29 is 4.79 Å². The summed E-state index contributed by atoms with van der Waals surface area (Å²) in [5, 5.41) is 0. The van der Waals surface area contributed by atoms with Gasteiger partial charge in [0.25, 0.3) is 0 Å². The predicted molar refractivity (Wildman–Crippen MR) is 82.4 cm³/mol. The summed E-state index contributed by atoms with van der Waals surface area (Å²) in [4.78, 5) is 14.0. The minimum Gasteiger partial charge on any atom is -0.340 e. The zero-order chi connectivity index (χ0) is 14.9. The first kappa shape index (κ1) is 15.0. The van der Waals surface area contributed by atoms with E-state index in [1.807, 2.05) is 4.90 Å². The number of hydrogen-bond acceptors (Lipinski definition) is 2. The monoisotopic (exact) mass is 274 g/mol. The summed E-state index contributed by atoms with van der Waals surface area (Å²) in [6, 6.07) is 6.23. The zero-order valence-electron chi connectivity index (χ0n) is 13.0. The van der Waals surface area contributed by atoms with E-state index in [0.29, 0.717) is 24.8 Å². The van der Waals surface area contributed by atoms with E-state index in [1.54, 1.807) is 0 Å². The molecule has 0 saturated carbocycles. The fourth-order valence-corrected chi connectivity index (χ4v) is 2.76. The third-order valence-corrected chi connectivity index (χ3v) is 4.56. The van der Waals surface area contributed by atoms with Crippen molar-refractivity contribution in [1.82, 2.24) is 4.90 Å². The average molecular weight is 274 g/mol. The van der Waals surface area contributed by atoms with Crippen LogP contribution in [0.3, 0.4) is 0 Å². The molecule has 2 N–H and O–H groups in total. The van der Waals surface area contributed by atoms with E-state index < -0.39 is 0 Å². The summed E-state index contributed by atoms with van der Waals surface area (Å²) in [5.74, 6) is 1.29. The second kappa shape index (κ2) is 5.96. The number of hydrogen-bond donors (Lipinski definition) is 1. The van der Waals surface area contributed by atoms with Gasteiger partial charge in [-0.3, -0.25) is 4.79 Å². The molecule has 1 amide bonds. The third-order valence-electron chi connectivity index (χ3n) is 4.56. The van der Waals surface area contributed by atoms with Crippen molar-refractivity contribution >= 4 is 5.91 Å². The third kappa shape index (κ3) is 3.21. The molecule has 0 bridgehead atoms. The van der Waals surface area contributed by atoms with Crippen LogP contribution < -0.4 is 5.73 Å². The summed E-state index contributed by atoms with van der Waals surface area (Å²) in [5.41, 5.74) is 9.93. The molecule has 1 aliphatic heterocycles. The van der Waals surface area contributed by atoms with Crippen LogP contribution in [0.2, 0.25) is 0 Å². The first-order valence-corrected chi connectivity index (χ1v) is 7.49. The van der Waals surface area contributed by atoms with Gasteiger partial charge in [0, 0.05) is 25.6 Å². The van der Waals surface area contributed by atoms with E-state index in [0.717, 1.165) is 12.1 Å². The van der Waals surface area contributed by atoms with Crippen LogP contribution in [0.4, 0.5) is 0 Å². The molecule has 20 heavy (non-hydrogen) atoms. The van der Waals surface area contributed by atoms with Gasteiger partial charge in [-0.1, -0.05) is 32.0 Å². The summed E-state index contributed by atoms with van der Waals surface area (Å²) in [6.45, 7) is 10.1. The Morgan fingerprint density at radius 3 is 2.55 bits per heavy atom. The summed E-state index contributed by atoms with van der Waals surface area (Å²) >= 11 is 0. The number of likely N-dealkylation sites (tertiary alicyclic amines) is 1. The minimum atomic E-state index is -0.0934. The molecule has 2 unspecified atom stereocenters. The maximum Gasteiger partial charge on any atom is 0.222 e. The Balaban J connectivity index is 2.02. The molecule has 2 rings (SSSR count). The molecule has 3 nitrogen and oxygen atoms in total. The lowest BCUT2D eigenvalue weighted by atomic mass is 9.95. The van der Waals surface area contributed by atoms with Crippen molar-refractivity contribution in [2.24, 2.45) is 17.6 Å². The Hall–Kier alpha value is -1.35. The maximum atomic E-state index is 12.0. The van der Waals surface area contributed by atoms with Crippen LogP contribution in [0.1, 0.15) is 43.0 Å². The molecule has 2 atom stereocenters. The lowest BCUT2D eigenvalue weighted by molar-refractivity contribution is -0.128. The van der Waals surface area contributed by atoms with Gasteiger partial charge in [0.05, 0.1) is 0 Å². The standard InChI is InChI=1S/C17H26N2O/c1-11(2)15-8-17(20)19(9-15)10-16(18)14-6-5-12(3)13(4)7-14/h5-7,11,15-16H,8-10,18H2,1-4H3. The summed E-state index contributed by atoms with van der Waals surface area (Å²) < 4.78 is 0. The van der Waals surface area contributed by atoms with Crippen molar-refractivity contribution in [3.05, 3.63) is 34.9 Å². The van der Waals surface area contributed by atoms with Crippen molar-refractivity contribution in [3.8, 4) is 0 Å². The number of nitrogens with two attached hydrogens (primary N) is 1. The molecule has 0 radical (unpaired) electrons. The number of carbonyl (C=O) groups excluding carboxylic acids is 1. The van der Waals surface area contributed by atoms with Gasteiger partial charge in [0.1, 0.15) is 0 Å². The normalized spacial score (nSPS) is 20.8. The van der Waals surface area contributed by atoms with Crippen LogP contribution in [0.15, 0.2) is 18.2 Å². The highest BCUT2D eigenvalue weighted by Gasteiger charge is 2.32. The van der Waals surface area contributed by atoms with E-state index in [1.165, 1.54) is 11.1 Å². The largest absolute Gasteiger partial charge is 0.340 e. The van der Waals surface area contributed by atoms with E-state index in [-0.39, 0.29) is 11.9 Å². The molecule has 1 heterocycles. The predicted octanol–water partition coefficient (Wildman–Crippen LogP) is 2.81. The van der Waals surface area contributed by atoms with Crippen molar-refractivity contribution in [3.63, 3.8) is 0 Å². The zero-order valence-corrected chi connectivity index (χ0v) is 13.0. The van der Waals surface area contributed by atoms with E-state index in [2.05, 4.69) is 45.9 Å². The van der Waals surface area contributed by atoms with Crippen LogP contribution in [-0.2, 0) is 4.79 Å². The number of carbonyl (C=O) groups is 1. The first-order chi connectivity index (χ1) is 9.38. The molecular weight excluding hydrogens is 248 g/mol. The number of nitrogens with zero attached hydrogens (tertiary/aromatic N) is 1. The second-order valence-electron chi connectivity index (χ2n) is 6.46. The molecule has 0 aliphatic carbocycles. The molecule has 1 saturated heterocycles. The lowest BCUT2D eigenvalue weighted by Crippen LogP contribution is -2.33. The second-order valence-corrected chi connectivity index (χ2v) is 6.46. The van der Waals surface area contributed by atoms with Crippen LogP contribution in [0.5, 0.6) is 0 Å². The fourth-order valence-electron chi connectivity index (χ4n) is 2.76. The van der Waals surface area contributed by atoms with Crippen LogP contribution in [0.25, 0.3) is 0 Å². The van der Waals surface area contributed by atoms with Gasteiger partial charge in [-0.25, -0.2) is 0 Å². The molecule has 1 aliphatic rings. The first-order valence-electron chi connectivity index (χ1n) is 7.49. The number of rotatable bonds is 4. The highest BCUT2D eigenvalue weighted by molar-refractivity contribution is 5.78. The van der Waals surface area contributed by atoms with Crippen LogP contribution in [0, 0.1) is 25.7 Å². The van der Waals surface area contributed by atoms with Crippen molar-refractivity contribution in [1.29, 1.82) is 0 Å². The molecule has 3 heteroatoms. The number of aryl methyl sites for hydroxylation is 2. The molecule has 110 valence electrons. The summed E-state index contributed by atoms with van der Waals surface area (Å²) in [7, 11) is 0. The van der Waals surface area contributed by atoms with E-state index in [4.69, 9.17) is 5.73 Å². The minimum absolute atomic E-state index is 0.0934. The van der Waals surface area contributed by atoms with Crippen molar-refractivity contribution in [2.45, 2.75) is 40.2 Å². The highest BCUT2D eigenvalue weighted by Crippen LogP contribution is 2.26. The summed E-state index contributed by atoms with van der Waals surface area (Å²) in [6.07, 6.45) is 0.678. The number of amides is 1. The molecule has 1 aromatic carbocycles. The Kier molecular flexibility index (Phi) is 4.48. The molecular formula is C17H26N2O. The molecule has 1 aromatic rings. The number of benzene rings is 1. The van der Waals surface area contributed by atoms with Gasteiger partial charge in [-0.15, -0.1) is 0 Å². The van der Waals surface area contributed by atoms with Gasteiger partial charge in [-0.05, 0) is 42.4 Å². The fraction of sp³-hybridized carbons (Fsp3) is 0.588. The van der Waals surface area contributed by atoms with E-state index in [9.17, 15) is 4.79 Å². The molecule has 1 fully saturated rings. The quantitative estimate of drug-likeness (QED) is 0.917. The Bertz CT molecular complexity index is 496. The SMILES string of the molecule is Cc1ccc(C(N)CN2CC(C(C)C)CC2=O)cc1C. The van der Waals surface area contributed by atoms with Crippen LogP contribution in [-0.4, -0.2) is 23.9 Å². The average Bonchev–Trinajstić information content (AvgIpc) is 2.74. The van der Waals surface area contributed by atoms with E-state index >= 15 is 0 Å². The topological polar surface area (TPSA) is 46.3 Å².